The summed E-state index contributed by atoms with van der Waals surface area (Å²) in [6.45, 7) is 9.07. The van der Waals surface area contributed by atoms with Crippen LogP contribution in [0.5, 0.6) is 5.75 Å². The minimum absolute atomic E-state index is 0.0542. The zero-order valence-corrected chi connectivity index (χ0v) is 28.2. The molecule has 9 heteroatoms. The molecule has 0 radical (unpaired) electrons. The molecule has 46 heavy (non-hydrogen) atoms. The second kappa shape index (κ2) is 14.6. The van der Waals surface area contributed by atoms with Crippen LogP contribution in [-0.4, -0.2) is 50.4 Å². The van der Waals surface area contributed by atoms with Crippen LogP contribution in [0.25, 0.3) is 0 Å². The first-order valence-corrected chi connectivity index (χ1v) is 16.7. The number of hydrogen-bond acceptors (Lipinski definition) is 5. The van der Waals surface area contributed by atoms with Gasteiger partial charge in [0.25, 0.3) is 10.0 Å². The topological polar surface area (TPSA) is 96.0 Å². The molecule has 0 aliphatic carbocycles. The van der Waals surface area contributed by atoms with Crippen molar-refractivity contribution in [3.63, 3.8) is 0 Å². The van der Waals surface area contributed by atoms with Crippen LogP contribution < -0.4 is 14.4 Å². The number of anilines is 1. The predicted octanol–water partition coefficient (Wildman–Crippen LogP) is 6.06. The standard InChI is InChI=1S/C37H43N3O5S/c1-27-16-22-33(23-17-27)46(43,44)40(31-18-20-32(45-6)21-19-31)26-35(41)39(25-30-15-11-10-12-28(30)2)34(36(42)38-37(3,4)5)24-29-13-8-7-9-14-29/h7-23,34H,24-26H2,1-6H3,(H,38,42)/t34-/m0/s1. The van der Waals surface area contributed by atoms with Crippen LogP contribution in [0.2, 0.25) is 0 Å². The number of methoxy groups -OCH3 is 1. The van der Waals surface area contributed by atoms with E-state index in [1.54, 1.807) is 36.4 Å². The molecule has 0 fully saturated rings. The molecular formula is C37H43N3O5S. The van der Waals surface area contributed by atoms with Gasteiger partial charge in [0.1, 0.15) is 18.3 Å². The third-order valence-corrected chi connectivity index (χ3v) is 9.41. The molecule has 0 bridgehead atoms. The van der Waals surface area contributed by atoms with E-state index in [4.69, 9.17) is 4.74 Å². The molecule has 0 aliphatic rings. The van der Waals surface area contributed by atoms with E-state index in [-0.39, 0.29) is 23.8 Å². The van der Waals surface area contributed by atoms with E-state index in [1.165, 1.54) is 24.1 Å². The number of rotatable bonds is 12. The summed E-state index contributed by atoms with van der Waals surface area (Å²) in [6.07, 6.45) is 0.244. The summed E-state index contributed by atoms with van der Waals surface area (Å²) < 4.78 is 34.8. The van der Waals surface area contributed by atoms with Gasteiger partial charge in [-0.05, 0) is 87.7 Å². The second-order valence-corrected chi connectivity index (χ2v) is 14.3. The van der Waals surface area contributed by atoms with Crippen LogP contribution in [0.15, 0.2) is 108 Å². The Hall–Kier alpha value is -4.63. The van der Waals surface area contributed by atoms with Crippen LogP contribution >= 0.6 is 0 Å². The molecule has 4 aromatic carbocycles. The number of benzene rings is 4. The molecular weight excluding hydrogens is 598 g/mol. The normalized spacial score (nSPS) is 12.2. The number of aryl methyl sites for hydroxylation is 2. The molecule has 0 saturated heterocycles. The average Bonchev–Trinajstić information content (AvgIpc) is 3.02. The van der Waals surface area contributed by atoms with E-state index in [9.17, 15) is 18.0 Å². The molecule has 0 spiro atoms. The van der Waals surface area contributed by atoms with Crippen LogP contribution in [0.1, 0.15) is 43.0 Å². The van der Waals surface area contributed by atoms with E-state index in [1.807, 2.05) is 89.2 Å². The highest BCUT2D eigenvalue weighted by molar-refractivity contribution is 7.92. The van der Waals surface area contributed by atoms with Gasteiger partial charge in [0.2, 0.25) is 11.8 Å². The Morgan fingerprint density at radius 3 is 2.02 bits per heavy atom. The first-order valence-electron chi connectivity index (χ1n) is 15.2. The first-order chi connectivity index (χ1) is 21.8. The predicted molar refractivity (Wildman–Crippen MR) is 182 cm³/mol. The molecule has 0 heterocycles. The van der Waals surface area contributed by atoms with E-state index < -0.39 is 34.1 Å². The molecule has 8 nitrogen and oxygen atoms in total. The van der Waals surface area contributed by atoms with Gasteiger partial charge in [0.15, 0.2) is 0 Å². The highest BCUT2D eigenvalue weighted by atomic mass is 32.2. The molecule has 4 aromatic rings. The van der Waals surface area contributed by atoms with E-state index in [2.05, 4.69) is 5.32 Å². The van der Waals surface area contributed by atoms with E-state index >= 15 is 0 Å². The quantitative estimate of drug-likeness (QED) is 0.203. The Morgan fingerprint density at radius 1 is 0.826 bits per heavy atom. The summed E-state index contributed by atoms with van der Waals surface area (Å²) in [5, 5.41) is 3.06. The maximum atomic E-state index is 14.6. The van der Waals surface area contributed by atoms with Crippen LogP contribution in [-0.2, 0) is 32.6 Å². The number of sulfonamides is 1. The minimum Gasteiger partial charge on any atom is -0.497 e. The third kappa shape index (κ3) is 8.75. The van der Waals surface area contributed by atoms with Gasteiger partial charge >= 0.3 is 0 Å². The Balaban J connectivity index is 1.83. The number of carbonyl (C=O) groups excluding carboxylic acids is 2. The summed E-state index contributed by atoms with van der Waals surface area (Å²) in [4.78, 5) is 30.2. The first kappa shape index (κ1) is 34.2. The Labute approximate surface area is 273 Å². The lowest BCUT2D eigenvalue weighted by atomic mass is 10.00. The van der Waals surface area contributed by atoms with Gasteiger partial charge in [0, 0.05) is 18.5 Å². The molecule has 0 unspecified atom stereocenters. The summed E-state index contributed by atoms with van der Waals surface area (Å²) in [7, 11) is -2.66. The molecule has 242 valence electrons. The monoisotopic (exact) mass is 641 g/mol. The maximum Gasteiger partial charge on any atom is 0.264 e. The van der Waals surface area contributed by atoms with Gasteiger partial charge in [0.05, 0.1) is 17.7 Å². The highest BCUT2D eigenvalue weighted by Gasteiger charge is 2.35. The van der Waals surface area contributed by atoms with Gasteiger partial charge < -0.3 is 15.0 Å². The molecule has 4 rings (SSSR count). The fourth-order valence-corrected chi connectivity index (χ4v) is 6.51. The fraction of sp³-hybridized carbons (Fsp3) is 0.297. The number of carbonyl (C=O) groups is 2. The molecule has 0 saturated carbocycles. The lowest BCUT2D eigenvalue weighted by Gasteiger charge is -2.35. The van der Waals surface area contributed by atoms with Crippen molar-refractivity contribution in [1.29, 1.82) is 0 Å². The van der Waals surface area contributed by atoms with Gasteiger partial charge in [-0.15, -0.1) is 0 Å². The van der Waals surface area contributed by atoms with Crippen molar-refractivity contribution in [2.45, 2.75) is 64.1 Å². The SMILES string of the molecule is COc1ccc(N(CC(=O)N(Cc2ccccc2C)[C@@H](Cc2ccccc2)C(=O)NC(C)(C)C)S(=O)(=O)c2ccc(C)cc2)cc1. The lowest BCUT2D eigenvalue weighted by Crippen LogP contribution is -2.56. The van der Waals surface area contributed by atoms with Gasteiger partial charge in [-0.25, -0.2) is 8.42 Å². The average molecular weight is 642 g/mol. The second-order valence-electron chi connectivity index (χ2n) is 12.4. The van der Waals surface area contributed by atoms with Crippen LogP contribution in [0, 0.1) is 13.8 Å². The zero-order valence-electron chi connectivity index (χ0n) is 27.4. The van der Waals surface area contributed by atoms with Crippen LogP contribution in [0.4, 0.5) is 5.69 Å². The summed E-state index contributed by atoms with van der Waals surface area (Å²) >= 11 is 0. The van der Waals surface area contributed by atoms with Crippen molar-refractivity contribution in [1.82, 2.24) is 10.2 Å². The van der Waals surface area contributed by atoms with E-state index in [0.29, 0.717) is 11.4 Å². The number of amides is 2. The highest BCUT2D eigenvalue weighted by Crippen LogP contribution is 2.27. The third-order valence-electron chi connectivity index (χ3n) is 7.62. The smallest absolute Gasteiger partial charge is 0.264 e. The number of hydrogen-bond donors (Lipinski definition) is 1. The fourth-order valence-electron chi connectivity index (χ4n) is 5.09. The lowest BCUT2D eigenvalue weighted by molar-refractivity contribution is -0.140. The zero-order chi connectivity index (χ0) is 33.5. The largest absolute Gasteiger partial charge is 0.497 e. The summed E-state index contributed by atoms with van der Waals surface area (Å²) in [6, 6.07) is 29.3. The van der Waals surface area contributed by atoms with Crippen LogP contribution in [0.3, 0.4) is 0 Å². The Bertz CT molecular complexity index is 1730. The Kier molecular flexibility index (Phi) is 10.9. The van der Waals surface area contributed by atoms with Gasteiger partial charge in [-0.2, -0.15) is 0 Å². The number of nitrogens with zero attached hydrogens (tertiary/aromatic N) is 2. The Morgan fingerprint density at radius 2 is 1.43 bits per heavy atom. The summed E-state index contributed by atoms with van der Waals surface area (Å²) in [5.41, 5.74) is 3.32. The van der Waals surface area contributed by atoms with Crippen molar-refractivity contribution in [3.05, 3.63) is 125 Å². The summed E-state index contributed by atoms with van der Waals surface area (Å²) in [5.74, 6) is -0.291. The van der Waals surface area contributed by atoms with Crippen molar-refractivity contribution < 1.29 is 22.7 Å². The molecule has 0 aliphatic heterocycles. The van der Waals surface area contributed by atoms with Gasteiger partial charge in [-0.1, -0.05) is 72.3 Å². The van der Waals surface area contributed by atoms with Crippen molar-refractivity contribution >= 4 is 27.5 Å². The van der Waals surface area contributed by atoms with Crippen molar-refractivity contribution in [2.24, 2.45) is 0 Å². The van der Waals surface area contributed by atoms with Crippen molar-refractivity contribution in [3.8, 4) is 5.75 Å². The molecule has 0 aromatic heterocycles. The molecule has 1 atom stereocenters. The van der Waals surface area contributed by atoms with Gasteiger partial charge in [-0.3, -0.25) is 13.9 Å². The molecule has 2 amide bonds. The number of nitrogens with one attached hydrogen (secondary N) is 1. The maximum absolute atomic E-state index is 14.6. The van der Waals surface area contributed by atoms with E-state index in [0.717, 1.165) is 26.6 Å². The molecule has 1 N–H and O–H groups in total. The number of ether oxygens (including phenoxy) is 1. The minimum atomic E-state index is -4.19. The van der Waals surface area contributed by atoms with Crippen molar-refractivity contribution in [2.75, 3.05) is 18.0 Å².